The summed E-state index contributed by atoms with van der Waals surface area (Å²) in [5.74, 6) is -2.77. The molecule has 4 N–H and O–H groups in total. The van der Waals surface area contributed by atoms with Crippen LogP contribution >= 0.6 is 7.82 Å². The first-order valence-electron chi connectivity index (χ1n) is 32.2. The summed E-state index contributed by atoms with van der Waals surface area (Å²) in [7, 11) is -5.38. The van der Waals surface area contributed by atoms with Crippen LogP contribution < -0.4 is 0 Å². The van der Waals surface area contributed by atoms with Crippen molar-refractivity contribution in [3.8, 4) is 0 Å². The molecule has 16 heteroatoms. The molecule has 1 heterocycles. The van der Waals surface area contributed by atoms with Crippen LogP contribution in [0.2, 0.25) is 0 Å². The molecule has 0 aliphatic carbocycles. The normalized spacial score (nSPS) is 18.4. The van der Waals surface area contributed by atoms with E-state index in [0.29, 0.717) is 38.5 Å². The highest BCUT2D eigenvalue weighted by molar-refractivity contribution is 7.46. The van der Waals surface area contributed by atoms with Crippen LogP contribution in [-0.4, -0.2) is 93.4 Å². The van der Waals surface area contributed by atoms with Gasteiger partial charge in [-0.25, -0.2) is 4.57 Å². The molecule has 0 unspecified atom stereocenters. The Hall–Kier alpha value is -2.13. The fraction of sp³-hybridized carbons (Fsp3) is 0.935. The number of phosphoric acid groups is 1. The van der Waals surface area contributed by atoms with Crippen molar-refractivity contribution >= 4 is 31.7 Å². The average molecular weight is 1130 g/mol. The number of carbonyl (C=O) groups is 4. The molecule has 1 rings (SSSR count). The number of aliphatic hydroxyl groups excluding tert-OH is 2. The van der Waals surface area contributed by atoms with E-state index in [4.69, 9.17) is 28.2 Å². The molecule has 0 amide bonds. The average Bonchev–Trinajstić information content (AvgIpc) is 3.43. The standard InChI is InChI=1S/C62H117O15P/c1-5-9-13-17-21-25-27-31-35-39-43-47-55(64)72-52(45-41-37-33-29-23-19-15-11-7-3)49-57(66)75-60-59(68)54(51-63)74-62(77-78(69,70)71)61(60)76-58(67)50-53(46-42-38-34-30-24-20-16-12-8-4)73-56(65)48-44-40-36-32-28-26-22-18-14-10-6-2/h52-54,59-63,68H,5-51H2,1-4H3,(H2,69,70,71)/t52-,53-,54-,59-,60+,61-,62-/m1/s1. The summed E-state index contributed by atoms with van der Waals surface area (Å²) in [5.41, 5.74) is 0. The van der Waals surface area contributed by atoms with Crippen LogP contribution in [0.3, 0.4) is 0 Å². The molecule has 0 aromatic heterocycles. The van der Waals surface area contributed by atoms with Gasteiger partial charge in [0.1, 0.15) is 24.4 Å². The van der Waals surface area contributed by atoms with E-state index >= 15 is 0 Å². The summed E-state index contributed by atoms with van der Waals surface area (Å²) in [6, 6.07) is 0. The van der Waals surface area contributed by atoms with Gasteiger partial charge in [-0.1, -0.05) is 259 Å². The molecule has 460 valence electrons. The minimum atomic E-state index is -5.38. The van der Waals surface area contributed by atoms with Crippen LogP contribution in [0.1, 0.15) is 323 Å². The van der Waals surface area contributed by atoms with Crippen LogP contribution in [-0.2, 0) is 52.0 Å². The summed E-state index contributed by atoms with van der Waals surface area (Å²) in [4.78, 5) is 74.2. The van der Waals surface area contributed by atoms with E-state index in [1.807, 2.05) is 0 Å². The number of ether oxygens (including phenoxy) is 5. The van der Waals surface area contributed by atoms with Gasteiger partial charge in [0.25, 0.3) is 0 Å². The molecular formula is C62H117O15P. The Bertz CT molecular complexity index is 1490. The number of phosphoric ester groups is 1. The summed E-state index contributed by atoms with van der Waals surface area (Å²) < 4.78 is 46.2. The predicted octanol–water partition coefficient (Wildman–Crippen LogP) is 15.8. The largest absolute Gasteiger partial charge is 0.472 e. The number of rotatable bonds is 55. The second-order valence-electron chi connectivity index (χ2n) is 22.7. The van der Waals surface area contributed by atoms with Crippen molar-refractivity contribution in [1.82, 2.24) is 0 Å². The van der Waals surface area contributed by atoms with Crippen molar-refractivity contribution in [2.45, 2.75) is 366 Å². The molecular weight excluding hydrogens is 1020 g/mol. The molecule has 0 saturated carbocycles. The van der Waals surface area contributed by atoms with Crippen LogP contribution in [0.25, 0.3) is 0 Å². The van der Waals surface area contributed by atoms with Crippen LogP contribution in [0.4, 0.5) is 0 Å². The van der Waals surface area contributed by atoms with E-state index in [0.717, 1.165) is 89.9 Å². The number of carbonyl (C=O) groups excluding carboxylic acids is 4. The van der Waals surface area contributed by atoms with E-state index < -0.39 is 94.1 Å². The van der Waals surface area contributed by atoms with Gasteiger partial charge in [0, 0.05) is 12.8 Å². The van der Waals surface area contributed by atoms with Gasteiger partial charge < -0.3 is 43.7 Å². The number of hydrogen-bond acceptors (Lipinski definition) is 13. The van der Waals surface area contributed by atoms with E-state index in [1.54, 1.807) is 0 Å². The third kappa shape index (κ3) is 41.8. The lowest BCUT2D eigenvalue weighted by molar-refractivity contribution is -0.289. The first-order valence-corrected chi connectivity index (χ1v) is 33.8. The lowest BCUT2D eigenvalue weighted by Crippen LogP contribution is -2.61. The molecule has 15 nitrogen and oxygen atoms in total. The summed E-state index contributed by atoms with van der Waals surface area (Å²) in [6.45, 7) is 7.95. The zero-order valence-electron chi connectivity index (χ0n) is 50.0. The second-order valence-corrected chi connectivity index (χ2v) is 23.9. The third-order valence-corrected chi connectivity index (χ3v) is 15.7. The number of hydrogen-bond donors (Lipinski definition) is 4. The zero-order valence-corrected chi connectivity index (χ0v) is 50.9. The molecule has 0 spiro atoms. The fourth-order valence-electron chi connectivity index (χ4n) is 10.4. The van der Waals surface area contributed by atoms with Crippen molar-refractivity contribution in [3.05, 3.63) is 0 Å². The smallest absolute Gasteiger partial charge is 0.462 e. The highest BCUT2D eigenvalue weighted by Crippen LogP contribution is 2.42. The number of aliphatic hydroxyl groups is 2. The molecule has 1 fully saturated rings. The van der Waals surface area contributed by atoms with Gasteiger partial charge in [0.2, 0.25) is 6.29 Å². The maximum Gasteiger partial charge on any atom is 0.472 e. The van der Waals surface area contributed by atoms with Crippen molar-refractivity contribution in [2.75, 3.05) is 6.61 Å². The number of unbranched alkanes of at least 4 members (excludes halogenated alkanes) is 36. The third-order valence-electron chi connectivity index (χ3n) is 15.2. The Morgan fingerprint density at radius 1 is 0.423 bits per heavy atom. The predicted molar refractivity (Wildman–Crippen MR) is 309 cm³/mol. The fourth-order valence-corrected chi connectivity index (χ4v) is 10.9. The van der Waals surface area contributed by atoms with E-state index in [2.05, 4.69) is 27.7 Å². The molecule has 1 saturated heterocycles. The molecule has 0 aromatic carbocycles. The lowest BCUT2D eigenvalue weighted by atomic mass is 9.98. The summed E-state index contributed by atoms with van der Waals surface area (Å²) >= 11 is 0. The van der Waals surface area contributed by atoms with E-state index in [1.165, 1.54) is 141 Å². The van der Waals surface area contributed by atoms with E-state index in [9.17, 15) is 43.7 Å². The quantitative estimate of drug-likeness (QED) is 0.0192. The Morgan fingerprint density at radius 3 is 1.00 bits per heavy atom. The monoisotopic (exact) mass is 1130 g/mol. The highest BCUT2D eigenvalue weighted by atomic mass is 31.2. The van der Waals surface area contributed by atoms with Crippen molar-refractivity contribution < 1.29 is 72.0 Å². The molecule has 7 atom stereocenters. The minimum Gasteiger partial charge on any atom is -0.462 e. The minimum absolute atomic E-state index is 0.191. The Balaban J connectivity index is 3.15. The van der Waals surface area contributed by atoms with Crippen LogP contribution in [0.5, 0.6) is 0 Å². The van der Waals surface area contributed by atoms with Gasteiger partial charge >= 0.3 is 31.7 Å². The molecule has 78 heavy (non-hydrogen) atoms. The SMILES string of the molecule is CCCCCCCCCCCCCC(=O)O[C@H](CCCCCCCCCCC)CC(=O)O[C@H]1[C@@H](OP(=O)(O)O)O[C@H](CO)[C@@H](O)[C@@H]1OC(=O)C[C@@H](CCCCCCCCCCC)OC(=O)CCCCCCCCCCCCC. The van der Waals surface area contributed by atoms with Gasteiger partial charge in [-0.3, -0.25) is 23.7 Å². The molecule has 0 radical (unpaired) electrons. The van der Waals surface area contributed by atoms with E-state index in [-0.39, 0.29) is 12.8 Å². The van der Waals surface area contributed by atoms with Gasteiger partial charge in [-0.2, -0.15) is 0 Å². The summed E-state index contributed by atoms with van der Waals surface area (Å²) in [6.07, 6.45) is 33.4. The van der Waals surface area contributed by atoms with Gasteiger partial charge in [0.15, 0.2) is 12.2 Å². The number of esters is 4. The van der Waals surface area contributed by atoms with Gasteiger partial charge in [-0.05, 0) is 38.5 Å². The van der Waals surface area contributed by atoms with Crippen molar-refractivity contribution in [1.29, 1.82) is 0 Å². The van der Waals surface area contributed by atoms with Crippen molar-refractivity contribution in [2.24, 2.45) is 0 Å². The summed E-state index contributed by atoms with van der Waals surface area (Å²) in [5, 5.41) is 21.7. The van der Waals surface area contributed by atoms with Crippen molar-refractivity contribution in [3.63, 3.8) is 0 Å². The molecule has 1 aliphatic heterocycles. The molecule has 0 bridgehead atoms. The van der Waals surface area contributed by atoms with Crippen LogP contribution in [0.15, 0.2) is 0 Å². The maximum atomic E-state index is 14.0. The first kappa shape index (κ1) is 73.9. The molecule has 1 aliphatic rings. The van der Waals surface area contributed by atoms with Gasteiger partial charge in [0.05, 0.1) is 19.4 Å². The maximum absolute atomic E-state index is 14.0. The topological polar surface area (TPSA) is 222 Å². The van der Waals surface area contributed by atoms with Gasteiger partial charge in [-0.15, -0.1) is 0 Å². The Labute approximate surface area is 474 Å². The highest BCUT2D eigenvalue weighted by Gasteiger charge is 2.52. The second kappa shape index (κ2) is 50.6. The van der Waals surface area contributed by atoms with Crippen LogP contribution in [0, 0.1) is 0 Å². The Kier molecular flexibility index (Phi) is 47.9. The lowest BCUT2D eigenvalue weighted by Gasteiger charge is -2.42. The molecule has 0 aromatic rings. The first-order chi connectivity index (χ1) is 37.8. The zero-order chi connectivity index (χ0) is 57.3. The Morgan fingerprint density at radius 2 is 0.705 bits per heavy atom.